The zero-order valence-corrected chi connectivity index (χ0v) is 10.0. The van der Waals surface area contributed by atoms with E-state index in [0.717, 1.165) is 0 Å². The van der Waals surface area contributed by atoms with Crippen LogP contribution in [0, 0.1) is 10.9 Å². The van der Waals surface area contributed by atoms with Crippen LogP contribution < -0.4 is 5.32 Å². The van der Waals surface area contributed by atoms with Gasteiger partial charge in [-0.05, 0) is 31.5 Å². The Labute approximate surface area is 100 Å². The molecule has 0 saturated heterocycles. The van der Waals surface area contributed by atoms with Crippen molar-refractivity contribution in [3.8, 4) is 0 Å². The second kappa shape index (κ2) is 5.54. The van der Waals surface area contributed by atoms with Gasteiger partial charge in [-0.2, -0.15) is 5.11 Å². The maximum atomic E-state index is 11.9. The van der Waals surface area contributed by atoms with Crippen molar-refractivity contribution in [2.45, 2.75) is 20.3 Å². The lowest BCUT2D eigenvalue weighted by molar-refractivity contribution is -0.127. The lowest BCUT2D eigenvalue weighted by Gasteiger charge is -2.24. The topological polar surface area (TPSA) is 85.5 Å². The van der Waals surface area contributed by atoms with Crippen LogP contribution in [-0.2, 0) is 4.79 Å². The van der Waals surface area contributed by atoms with E-state index in [1.165, 1.54) is 0 Å². The summed E-state index contributed by atoms with van der Waals surface area (Å²) in [4.78, 5) is 11.9. The van der Waals surface area contributed by atoms with E-state index >= 15 is 0 Å². The van der Waals surface area contributed by atoms with Crippen molar-refractivity contribution in [1.82, 2.24) is 0 Å². The molecule has 3 N–H and O–H groups in total. The van der Waals surface area contributed by atoms with Crippen LogP contribution in [-0.4, -0.2) is 17.6 Å². The predicted octanol–water partition coefficient (Wildman–Crippen LogP) is 2.70. The maximum Gasteiger partial charge on any atom is 0.232 e. The van der Waals surface area contributed by atoms with Gasteiger partial charge >= 0.3 is 0 Å². The third-order valence-corrected chi connectivity index (χ3v) is 2.91. The highest BCUT2D eigenvalue weighted by Crippen LogP contribution is 2.24. The first-order chi connectivity index (χ1) is 8.05. The second-order valence-electron chi connectivity index (χ2n) is 4.19. The van der Waals surface area contributed by atoms with Gasteiger partial charge in [0.05, 0.1) is 17.7 Å². The van der Waals surface area contributed by atoms with Crippen LogP contribution in [0.2, 0.25) is 0 Å². The van der Waals surface area contributed by atoms with Gasteiger partial charge in [0.1, 0.15) is 0 Å². The molecule has 5 heteroatoms. The third-order valence-electron chi connectivity index (χ3n) is 2.91. The molecule has 5 nitrogen and oxygen atoms in total. The summed E-state index contributed by atoms with van der Waals surface area (Å²) < 4.78 is 0. The molecule has 0 heterocycles. The zero-order valence-electron chi connectivity index (χ0n) is 10.0. The van der Waals surface area contributed by atoms with Crippen LogP contribution in [0.1, 0.15) is 20.3 Å². The molecule has 1 rings (SSSR count). The number of carbonyl (C=O) groups excluding carboxylic acids is 1. The summed E-state index contributed by atoms with van der Waals surface area (Å²) in [6.07, 6.45) is 0.553. The monoisotopic (exact) mass is 235 g/mol. The number of aliphatic hydroxyl groups is 1. The van der Waals surface area contributed by atoms with Crippen LogP contribution in [0.25, 0.3) is 0 Å². The zero-order chi connectivity index (χ0) is 12.9. The molecule has 92 valence electrons. The van der Waals surface area contributed by atoms with E-state index in [2.05, 4.69) is 10.4 Å². The van der Waals surface area contributed by atoms with E-state index in [4.69, 9.17) is 5.53 Å². The van der Waals surface area contributed by atoms with Crippen molar-refractivity contribution in [1.29, 1.82) is 5.53 Å². The van der Waals surface area contributed by atoms with Gasteiger partial charge < -0.3 is 10.4 Å². The average Bonchev–Trinajstić information content (AvgIpc) is 2.37. The lowest BCUT2D eigenvalue weighted by atomic mass is 9.87. The van der Waals surface area contributed by atoms with Crippen molar-refractivity contribution in [2.24, 2.45) is 10.5 Å². The molecular weight excluding hydrogens is 218 g/mol. The average molecular weight is 235 g/mol. The Morgan fingerprint density at radius 3 is 2.82 bits per heavy atom. The van der Waals surface area contributed by atoms with Gasteiger partial charge in [-0.15, -0.1) is 0 Å². The number of rotatable bonds is 5. The molecule has 0 aromatic heterocycles. The van der Waals surface area contributed by atoms with E-state index in [9.17, 15) is 9.90 Å². The number of nitrogens with zero attached hydrogens (tertiary/aromatic N) is 1. The Bertz CT molecular complexity index is 414. The molecule has 1 atom stereocenters. The fourth-order valence-electron chi connectivity index (χ4n) is 1.28. The first-order valence-electron chi connectivity index (χ1n) is 5.45. The molecule has 0 spiro atoms. The summed E-state index contributed by atoms with van der Waals surface area (Å²) in [7, 11) is 0. The highest BCUT2D eigenvalue weighted by molar-refractivity contribution is 5.95. The van der Waals surface area contributed by atoms with Crippen LogP contribution in [0.15, 0.2) is 29.4 Å². The minimum Gasteiger partial charge on any atom is -0.395 e. The molecule has 0 radical (unpaired) electrons. The van der Waals surface area contributed by atoms with Crippen molar-refractivity contribution in [3.63, 3.8) is 0 Å². The van der Waals surface area contributed by atoms with Gasteiger partial charge in [0.25, 0.3) is 0 Å². The van der Waals surface area contributed by atoms with Gasteiger partial charge in [0.2, 0.25) is 5.91 Å². The first kappa shape index (κ1) is 13.3. The minimum absolute atomic E-state index is 0.197. The lowest BCUT2D eigenvalue weighted by Crippen LogP contribution is -2.36. The van der Waals surface area contributed by atoms with Gasteiger partial charge in [0.15, 0.2) is 0 Å². The van der Waals surface area contributed by atoms with Gasteiger partial charge in [-0.25, -0.2) is 5.53 Å². The Hall–Kier alpha value is -1.75. The van der Waals surface area contributed by atoms with Crippen LogP contribution >= 0.6 is 0 Å². The number of nitrogens with one attached hydrogen (secondary N) is 2. The molecular formula is C12H17N3O2. The fraction of sp³-hybridized carbons (Fsp3) is 0.417. The molecule has 17 heavy (non-hydrogen) atoms. The molecule has 1 unspecified atom stereocenters. The molecule has 0 aliphatic heterocycles. The van der Waals surface area contributed by atoms with E-state index in [1.807, 2.05) is 6.92 Å². The quantitative estimate of drug-likeness (QED) is 0.685. The molecule has 1 aromatic rings. The predicted molar refractivity (Wildman–Crippen MR) is 65.4 cm³/mol. The summed E-state index contributed by atoms with van der Waals surface area (Å²) >= 11 is 0. The SMILES string of the molecule is CCC(C)(CO)C(=O)Nc1cccc(N=N)c1. The van der Waals surface area contributed by atoms with Gasteiger partial charge in [0, 0.05) is 5.69 Å². The van der Waals surface area contributed by atoms with Gasteiger partial charge in [-0.3, -0.25) is 4.79 Å². The molecule has 0 aliphatic carbocycles. The van der Waals surface area contributed by atoms with E-state index in [0.29, 0.717) is 17.8 Å². The van der Waals surface area contributed by atoms with Crippen molar-refractivity contribution < 1.29 is 9.90 Å². The van der Waals surface area contributed by atoms with E-state index in [-0.39, 0.29) is 12.5 Å². The number of benzene rings is 1. The van der Waals surface area contributed by atoms with Crippen LogP contribution in [0.5, 0.6) is 0 Å². The summed E-state index contributed by atoms with van der Waals surface area (Å²) in [6.45, 7) is 3.37. The smallest absolute Gasteiger partial charge is 0.232 e. The van der Waals surface area contributed by atoms with Crippen LogP contribution in [0.4, 0.5) is 11.4 Å². The highest BCUT2D eigenvalue weighted by atomic mass is 16.3. The molecule has 0 aliphatic rings. The van der Waals surface area contributed by atoms with E-state index < -0.39 is 5.41 Å². The number of hydrogen-bond donors (Lipinski definition) is 3. The molecule has 0 fully saturated rings. The fourth-order valence-corrected chi connectivity index (χ4v) is 1.28. The van der Waals surface area contributed by atoms with Gasteiger partial charge in [-0.1, -0.05) is 13.0 Å². The summed E-state index contributed by atoms with van der Waals surface area (Å²) in [5, 5.41) is 15.2. The Morgan fingerprint density at radius 1 is 1.59 bits per heavy atom. The number of amides is 1. The standard InChI is InChI=1S/C12H17N3O2/c1-3-12(2,8-16)11(17)14-9-5-4-6-10(7-9)15-13/h4-7,13,16H,3,8H2,1-2H3,(H,14,17). The van der Waals surface area contributed by atoms with Crippen LogP contribution in [0.3, 0.4) is 0 Å². The highest BCUT2D eigenvalue weighted by Gasteiger charge is 2.30. The second-order valence-corrected chi connectivity index (χ2v) is 4.19. The summed E-state index contributed by atoms with van der Waals surface area (Å²) in [6, 6.07) is 6.72. The summed E-state index contributed by atoms with van der Waals surface area (Å²) in [5.74, 6) is -0.232. The van der Waals surface area contributed by atoms with Crippen molar-refractivity contribution in [3.05, 3.63) is 24.3 Å². The minimum atomic E-state index is -0.784. The number of anilines is 1. The van der Waals surface area contributed by atoms with E-state index in [1.54, 1.807) is 31.2 Å². The molecule has 1 aromatic carbocycles. The molecule has 1 amide bonds. The Morgan fingerprint density at radius 2 is 2.29 bits per heavy atom. The molecule has 0 bridgehead atoms. The Balaban J connectivity index is 2.83. The largest absolute Gasteiger partial charge is 0.395 e. The third kappa shape index (κ3) is 3.10. The maximum absolute atomic E-state index is 11.9. The number of aliphatic hydroxyl groups excluding tert-OH is 1. The number of hydrogen-bond acceptors (Lipinski definition) is 4. The van der Waals surface area contributed by atoms with Crippen molar-refractivity contribution >= 4 is 17.3 Å². The number of carbonyl (C=O) groups is 1. The Kier molecular flexibility index (Phi) is 4.34. The van der Waals surface area contributed by atoms with Crippen molar-refractivity contribution in [2.75, 3.05) is 11.9 Å². The molecule has 0 saturated carbocycles. The first-order valence-corrected chi connectivity index (χ1v) is 5.45. The normalized spacial score (nSPS) is 13.8. The summed E-state index contributed by atoms with van der Waals surface area (Å²) in [5.41, 5.74) is 7.16.